The van der Waals surface area contributed by atoms with Crippen molar-refractivity contribution >= 4 is 11.3 Å². The number of fused-ring (bicyclic) bond motifs is 3. The van der Waals surface area contributed by atoms with E-state index in [1.807, 2.05) is 29.1 Å². The standard InChI is InChI=1S/C22H21N5O2S/c1-13(2)27-21(24-12-25-27)22-26-20-17-9-14(15-8-16(28-3)11-23-10-15)4-5-18(17)29-7-6-19(20)30-22/h4-5,8-13H,6-7H2,1-3H3. The van der Waals surface area contributed by atoms with Gasteiger partial charge < -0.3 is 9.47 Å². The zero-order valence-electron chi connectivity index (χ0n) is 17.0. The summed E-state index contributed by atoms with van der Waals surface area (Å²) in [5.74, 6) is 2.37. The van der Waals surface area contributed by atoms with Crippen molar-refractivity contribution in [3.8, 4) is 44.7 Å². The summed E-state index contributed by atoms with van der Waals surface area (Å²) in [4.78, 5) is 14.9. The molecular weight excluding hydrogens is 398 g/mol. The second-order valence-electron chi connectivity index (χ2n) is 7.34. The van der Waals surface area contributed by atoms with Crippen LogP contribution in [0, 0.1) is 0 Å². The molecule has 4 aromatic rings. The summed E-state index contributed by atoms with van der Waals surface area (Å²) in [5, 5.41) is 5.24. The molecule has 7 nitrogen and oxygen atoms in total. The Kier molecular flexibility index (Phi) is 4.71. The molecule has 0 aliphatic carbocycles. The molecular formula is C22H21N5O2S. The highest BCUT2D eigenvalue weighted by atomic mass is 32.1. The molecule has 30 heavy (non-hydrogen) atoms. The van der Waals surface area contributed by atoms with Gasteiger partial charge >= 0.3 is 0 Å². The molecule has 3 aromatic heterocycles. The molecule has 1 aliphatic heterocycles. The summed E-state index contributed by atoms with van der Waals surface area (Å²) in [5.41, 5.74) is 3.97. The zero-order valence-corrected chi connectivity index (χ0v) is 17.8. The van der Waals surface area contributed by atoms with Crippen molar-refractivity contribution in [3.05, 3.63) is 47.9 Å². The van der Waals surface area contributed by atoms with Crippen LogP contribution in [0.4, 0.5) is 0 Å². The third-order valence-corrected chi connectivity index (χ3v) is 6.17. The van der Waals surface area contributed by atoms with Gasteiger partial charge in [-0.25, -0.2) is 14.6 Å². The number of nitrogens with zero attached hydrogens (tertiary/aromatic N) is 5. The van der Waals surface area contributed by atoms with Gasteiger partial charge in [-0.1, -0.05) is 6.07 Å². The lowest BCUT2D eigenvalue weighted by atomic mass is 10.0. The average Bonchev–Trinajstić information content (AvgIpc) is 3.38. The summed E-state index contributed by atoms with van der Waals surface area (Å²) in [7, 11) is 1.64. The fourth-order valence-corrected chi connectivity index (χ4v) is 4.62. The number of methoxy groups -OCH3 is 1. The van der Waals surface area contributed by atoms with E-state index >= 15 is 0 Å². The molecule has 5 rings (SSSR count). The summed E-state index contributed by atoms with van der Waals surface area (Å²) >= 11 is 1.66. The van der Waals surface area contributed by atoms with Crippen LogP contribution < -0.4 is 9.47 Å². The van der Waals surface area contributed by atoms with Gasteiger partial charge in [0.05, 0.1) is 25.6 Å². The van der Waals surface area contributed by atoms with Crippen molar-refractivity contribution < 1.29 is 9.47 Å². The smallest absolute Gasteiger partial charge is 0.187 e. The quantitative estimate of drug-likeness (QED) is 0.479. The van der Waals surface area contributed by atoms with Crippen LogP contribution in [0.3, 0.4) is 0 Å². The number of benzene rings is 1. The Hall–Kier alpha value is -3.26. The van der Waals surface area contributed by atoms with Crippen LogP contribution >= 0.6 is 11.3 Å². The van der Waals surface area contributed by atoms with Crippen molar-refractivity contribution in [2.45, 2.75) is 26.3 Å². The topological polar surface area (TPSA) is 75.0 Å². The summed E-state index contributed by atoms with van der Waals surface area (Å²) < 4.78 is 13.2. The SMILES string of the molecule is COc1cncc(-c2ccc3c(c2)-c2nc(-c4ncnn4C(C)C)sc2CCO3)c1. The van der Waals surface area contributed by atoms with Crippen LogP contribution in [0.15, 0.2) is 43.0 Å². The lowest BCUT2D eigenvalue weighted by Crippen LogP contribution is -2.04. The fraction of sp³-hybridized carbons (Fsp3) is 0.273. The first-order valence-corrected chi connectivity index (χ1v) is 10.6. The number of aromatic nitrogens is 5. The predicted molar refractivity (Wildman–Crippen MR) is 116 cm³/mol. The van der Waals surface area contributed by atoms with Crippen LogP contribution in [0.25, 0.3) is 33.2 Å². The van der Waals surface area contributed by atoms with E-state index in [2.05, 4.69) is 35.0 Å². The van der Waals surface area contributed by atoms with E-state index in [0.29, 0.717) is 6.61 Å². The molecule has 0 spiro atoms. The number of hydrogen-bond donors (Lipinski definition) is 0. The average molecular weight is 420 g/mol. The molecule has 1 aromatic carbocycles. The van der Waals surface area contributed by atoms with E-state index in [1.54, 1.807) is 31.0 Å². The van der Waals surface area contributed by atoms with Crippen molar-refractivity contribution in [2.75, 3.05) is 13.7 Å². The molecule has 1 aliphatic rings. The second kappa shape index (κ2) is 7.53. The van der Waals surface area contributed by atoms with Crippen molar-refractivity contribution in [2.24, 2.45) is 0 Å². The Morgan fingerprint density at radius 2 is 2.07 bits per heavy atom. The number of ether oxygens (including phenoxy) is 2. The largest absolute Gasteiger partial charge is 0.495 e. The monoisotopic (exact) mass is 419 g/mol. The minimum Gasteiger partial charge on any atom is -0.495 e. The van der Waals surface area contributed by atoms with Gasteiger partial charge in [0.1, 0.15) is 17.8 Å². The van der Waals surface area contributed by atoms with Crippen molar-refractivity contribution in [1.82, 2.24) is 24.7 Å². The van der Waals surface area contributed by atoms with E-state index in [1.165, 1.54) is 4.88 Å². The van der Waals surface area contributed by atoms with Crippen LogP contribution in [0.5, 0.6) is 11.5 Å². The number of hydrogen-bond acceptors (Lipinski definition) is 7. The Morgan fingerprint density at radius 1 is 1.17 bits per heavy atom. The van der Waals surface area contributed by atoms with E-state index in [4.69, 9.17) is 14.5 Å². The van der Waals surface area contributed by atoms with Gasteiger partial charge in [0, 0.05) is 34.7 Å². The van der Waals surface area contributed by atoms with Gasteiger partial charge in [-0.05, 0) is 37.6 Å². The first-order valence-electron chi connectivity index (χ1n) is 9.80. The highest BCUT2D eigenvalue weighted by Gasteiger charge is 2.24. The van der Waals surface area contributed by atoms with Crippen LogP contribution in [-0.2, 0) is 6.42 Å². The summed E-state index contributed by atoms with van der Waals surface area (Å²) in [6, 6.07) is 8.36. The molecule has 4 heterocycles. The molecule has 0 unspecified atom stereocenters. The predicted octanol–water partition coefficient (Wildman–Crippen LogP) is 4.66. The molecule has 152 valence electrons. The third-order valence-electron chi connectivity index (χ3n) is 5.05. The molecule has 0 saturated carbocycles. The summed E-state index contributed by atoms with van der Waals surface area (Å²) in [6.45, 7) is 4.81. The highest BCUT2D eigenvalue weighted by molar-refractivity contribution is 7.15. The number of rotatable bonds is 4. The normalized spacial score (nSPS) is 12.8. The highest BCUT2D eigenvalue weighted by Crippen LogP contribution is 2.42. The van der Waals surface area contributed by atoms with Crippen molar-refractivity contribution in [3.63, 3.8) is 0 Å². The van der Waals surface area contributed by atoms with Crippen molar-refractivity contribution in [1.29, 1.82) is 0 Å². The zero-order chi connectivity index (χ0) is 20.7. The second-order valence-corrected chi connectivity index (χ2v) is 8.42. The Labute approximate surface area is 178 Å². The molecule has 0 radical (unpaired) electrons. The van der Waals surface area contributed by atoms with E-state index in [9.17, 15) is 0 Å². The van der Waals surface area contributed by atoms with Gasteiger partial charge in [0.15, 0.2) is 10.8 Å². The molecule has 8 heteroatoms. The molecule has 0 bridgehead atoms. The molecule has 0 N–H and O–H groups in total. The van der Waals surface area contributed by atoms with Gasteiger partial charge in [0.2, 0.25) is 0 Å². The first kappa shape index (κ1) is 18.7. The Morgan fingerprint density at radius 3 is 2.90 bits per heavy atom. The first-order chi connectivity index (χ1) is 14.6. The molecule has 0 atom stereocenters. The summed E-state index contributed by atoms with van der Waals surface area (Å²) in [6.07, 6.45) is 5.94. The van der Waals surface area contributed by atoms with E-state index in [0.717, 1.165) is 51.1 Å². The maximum absolute atomic E-state index is 6.01. The van der Waals surface area contributed by atoms with Gasteiger partial charge in [0.25, 0.3) is 0 Å². The minimum absolute atomic E-state index is 0.217. The molecule has 0 amide bonds. The van der Waals surface area contributed by atoms with Gasteiger partial charge in [-0.15, -0.1) is 11.3 Å². The third kappa shape index (κ3) is 3.23. The van der Waals surface area contributed by atoms with Crippen LogP contribution in [0.1, 0.15) is 24.8 Å². The Bertz CT molecular complexity index is 1210. The van der Waals surface area contributed by atoms with Crippen LogP contribution in [0.2, 0.25) is 0 Å². The number of thiazole rings is 1. The fourth-order valence-electron chi connectivity index (χ4n) is 3.57. The minimum atomic E-state index is 0.217. The van der Waals surface area contributed by atoms with Crippen LogP contribution in [-0.4, -0.2) is 38.4 Å². The maximum Gasteiger partial charge on any atom is 0.187 e. The van der Waals surface area contributed by atoms with E-state index in [-0.39, 0.29) is 6.04 Å². The number of pyridine rings is 1. The van der Waals surface area contributed by atoms with Gasteiger partial charge in [-0.3, -0.25) is 4.98 Å². The lowest BCUT2D eigenvalue weighted by Gasteiger charge is -2.10. The lowest BCUT2D eigenvalue weighted by molar-refractivity contribution is 0.327. The molecule has 0 fully saturated rings. The molecule has 0 saturated heterocycles. The van der Waals surface area contributed by atoms with Gasteiger partial charge in [-0.2, -0.15) is 5.10 Å². The van der Waals surface area contributed by atoms with E-state index < -0.39 is 0 Å². The maximum atomic E-state index is 6.01. The Balaban J connectivity index is 1.62.